The second-order valence-electron chi connectivity index (χ2n) is 6.14. The molecule has 8 nitrogen and oxygen atoms in total. The molecule has 1 N–H and O–H groups in total. The average Bonchev–Trinajstić information content (AvgIpc) is 3.25. The fourth-order valence-electron chi connectivity index (χ4n) is 2.90. The number of fused-ring (bicyclic) bond motifs is 3. The molecule has 1 fully saturated rings. The summed E-state index contributed by atoms with van der Waals surface area (Å²) >= 11 is 2.81. The van der Waals surface area contributed by atoms with Crippen molar-refractivity contribution in [2.24, 2.45) is 0 Å². The number of aromatic nitrogens is 2. The van der Waals surface area contributed by atoms with E-state index in [1.165, 1.54) is 27.6 Å². The lowest BCUT2D eigenvalue weighted by Gasteiger charge is -2.29. The Morgan fingerprint density at radius 2 is 2.04 bits per heavy atom. The Hall–Kier alpha value is -1.98. The van der Waals surface area contributed by atoms with Crippen LogP contribution in [-0.4, -0.2) is 65.2 Å². The standard InChI is InChI=1S/C15H16N4O4S3/c1-9(14(21)18-3-6-26(22,23)7-4-18)16-12(20)11-8-10-13(25-11)17-15-19(10)2-5-24-15/h2,5,8-9H,3-4,6-7H2,1H3,(H,16,20). The highest BCUT2D eigenvalue weighted by molar-refractivity contribution is 7.91. The van der Waals surface area contributed by atoms with E-state index in [0.717, 1.165) is 15.3 Å². The van der Waals surface area contributed by atoms with Crippen molar-refractivity contribution in [2.75, 3.05) is 24.6 Å². The van der Waals surface area contributed by atoms with Crippen molar-refractivity contribution >= 4 is 59.6 Å². The van der Waals surface area contributed by atoms with Gasteiger partial charge < -0.3 is 10.2 Å². The number of thiophene rings is 1. The molecule has 0 radical (unpaired) electrons. The number of nitrogens with zero attached hydrogens (tertiary/aromatic N) is 3. The number of carbonyl (C=O) groups is 2. The summed E-state index contributed by atoms with van der Waals surface area (Å²) in [5.74, 6) is -0.656. The van der Waals surface area contributed by atoms with Gasteiger partial charge in [-0.2, -0.15) is 0 Å². The minimum atomic E-state index is -3.05. The quantitative estimate of drug-likeness (QED) is 0.691. The molecule has 0 spiro atoms. The third kappa shape index (κ3) is 3.10. The molecule has 11 heteroatoms. The van der Waals surface area contributed by atoms with E-state index < -0.39 is 15.9 Å². The molecule has 1 atom stereocenters. The predicted molar refractivity (Wildman–Crippen MR) is 101 cm³/mol. The number of amides is 2. The molecule has 138 valence electrons. The van der Waals surface area contributed by atoms with Crippen LogP contribution in [-0.2, 0) is 14.6 Å². The zero-order valence-corrected chi connectivity index (χ0v) is 16.3. The van der Waals surface area contributed by atoms with Crippen LogP contribution in [0.1, 0.15) is 16.6 Å². The maximum Gasteiger partial charge on any atom is 0.262 e. The van der Waals surface area contributed by atoms with Crippen molar-refractivity contribution in [1.82, 2.24) is 19.6 Å². The first-order chi connectivity index (χ1) is 12.3. The van der Waals surface area contributed by atoms with E-state index in [1.54, 1.807) is 13.0 Å². The lowest BCUT2D eigenvalue weighted by atomic mass is 10.2. The zero-order chi connectivity index (χ0) is 18.5. The third-order valence-corrected chi connectivity index (χ3v) is 7.72. The van der Waals surface area contributed by atoms with E-state index in [-0.39, 0.29) is 36.4 Å². The van der Waals surface area contributed by atoms with Gasteiger partial charge in [-0.3, -0.25) is 14.0 Å². The van der Waals surface area contributed by atoms with E-state index in [9.17, 15) is 18.0 Å². The maximum absolute atomic E-state index is 12.5. The van der Waals surface area contributed by atoms with Gasteiger partial charge in [-0.25, -0.2) is 13.4 Å². The Kier molecular flexibility index (Phi) is 4.24. The van der Waals surface area contributed by atoms with Gasteiger partial charge in [0, 0.05) is 24.7 Å². The first-order valence-corrected chi connectivity index (χ1v) is 11.5. The number of rotatable bonds is 3. The minimum Gasteiger partial charge on any atom is -0.340 e. The molecule has 0 aliphatic carbocycles. The normalized spacial score (nSPS) is 18.3. The lowest BCUT2D eigenvalue weighted by Crippen LogP contribution is -2.51. The van der Waals surface area contributed by atoms with Crippen LogP contribution in [0.3, 0.4) is 0 Å². The number of hydrogen-bond donors (Lipinski definition) is 1. The Morgan fingerprint density at radius 1 is 1.31 bits per heavy atom. The van der Waals surface area contributed by atoms with Gasteiger partial charge in [0.15, 0.2) is 14.8 Å². The Labute approximate surface area is 157 Å². The molecule has 2 amide bonds. The van der Waals surface area contributed by atoms with E-state index >= 15 is 0 Å². The van der Waals surface area contributed by atoms with Gasteiger partial charge in [0.25, 0.3) is 5.91 Å². The summed E-state index contributed by atoms with van der Waals surface area (Å²) in [6, 6.07) is 1.05. The Morgan fingerprint density at radius 3 is 2.77 bits per heavy atom. The summed E-state index contributed by atoms with van der Waals surface area (Å²) in [6.07, 6.45) is 1.90. The molecule has 1 unspecified atom stereocenters. The van der Waals surface area contributed by atoms with Crippen LogP contribution in [0, 0.1) is 0 Å². The van der Waals surface area contributed by atoms with Crippen molar-refractivity contribution in [3.63, 3.8) is 0 Å². The van der Waals surface area contributed by atoms with Crippen molar-refractivity contribution in [2.45, 2.75) is 13.0 Å². The maximum atomic E-state index is 12.5. The monoisotopic (exact) mass is 412 g/mol. The van der Waals surface area contributed by atoms with E-state index in [1.807, 2.05) is 16.0 Å². The highest BCUT2D eigenvalue weighted by atomic mass is 32.2. The highest BCUT2D eigenvalue weighted by Gasteiger charge is 2.29. The van der Waals surface area contributed by atoms with Gasteiger partial charge in [0.2, 0.25) is 5.91 Å². The summed E-state index contributed by atoms with van der Waals surface area (Å²) in [5.41, 5.74) is 0.872. The van der Waals surface area contributed by atoms with E-state index in [2.05, 4.69) is 10.3 Å². The minimum absolute atomic E-state index is 0.0290. The van der Waals surface area contributed by atoms with Gasteiger partial charge in [-0.15, -0.1) is 22.7 Å². The second kappa shape index (κ2) is 6.32. The fraction of sp³-hybridized carbons (Fsp3) is 0.400. The summed E-state index contributed by atoms with van der Waals surface area (Å²) in [7, 11) is -3.05. The van der Waals surface area contributed by atoms with Crippen LogP contribution in [0.25, 0.3) is 15.3 Å². The highest BCUT2D eigenvalue weighted by Crippen LogP contribution is 2.28. The van der Waals surface area contributed by atoms with Crippen LogP contribution >= 0.6 is 22.7 Å². The smallest absolute Gasteiger partial charge is 0.262 e. The van der Waals surface area contributed by atoms with Gasteiger partial charge in [-0.05, 0) is 13.0 Å². The summed E-state index contributed by atoms with van der Waals surface area (Å²) in [5, 5.41) is 4.63. The first-order valence-electron chi connectivity index (χ1n) is 7.99. The topological polar surface area (TPSA) is 101 Å². The van der Waals surface area contributed by atoms with Crippen molar-refractivity contribution in [1.29, 1.82) is 0 Å². The molecule has 0 saturated carbocycles. The molecular weight excluding hydrogens is 396 g/mol. The summed E-state index contributed by atoms with van der Waals surface area (Å²) in [4.78, 5) is 33.0. The number of hydrogen-bond acceptors (Lipinski definition) is 7. The van der Waals surface area contributed by atoms with Gasteiger partial charge >= 0.3 is 0 Å². The van der Waals surface area contributed by atoms with Crippen LogP contribution in [0.15, 0.2) is 17.6 Å². The lowest BCUT2D eigenvalue weighted by molar-refractivity contribution is -0.132. The molecule has 0 bridgehead atoms. The summed E-state index contributed by atoms with van der Waals surface area (Å²) < 4.78 is 24.9. The van der Waals surface area contributed by atoms with Crippen molar-refractivity contribution < 1.29 is 18.0 Å². The largest absolute Gasteiger partial charge is 0.340 e. The first kappa shape index (κ1) is 17.4. The van der Waals surface area contributed by atoms with E-state index in [4.69, 9.17) is 0 Å². The zero-order valence-electron chi connectivity index (χ0n) is 13.8. The van der Waals surface area contributed by atoms with Gasteiger partial charge in [-0.1, -0.05) is 0 Å². The number of imidazole rings is 1. The molecule has 1 saturated heterocycles. The van der Waals surface area contributed by atoms with Gasteiger partial charge in [0.05, 0.1) is 21.9 Å². The van der Waals surface area contributed by atoms with E-state index in [0.29, 0.717) is 4.88 Å². The second-order valence-corrected chi connectivity index (χ2v) is 10.3. The predicted octanol–water partition coefficient (Wildman–Crippen LogP) is 0.986. The molecule has 3 aromatic heterocycles. The number of nitrogens with one attached hydrogen (secondary N) is 1. The molecule has 4 heterocycles. The molecule has 1 aliphatic rings. The molecule has 0 aromatic carbocycles. The summed E-state index contributed by atoms with van der Waals surface area (Å²) in [6.45, 7) is 1.96. The van der Waals surface area contributed by atoms with Crippen LogP contribution in [0.2, 0.25) is 0 Å². The molecular formula is C15H16N4O4S3. The fourth-order valence-corrected chi connectivity index (χ4v) is 5.80. The molecule has 3 aromatic rings. The Balaban J connectivity index is 1.45. The number of sulfone groups is 1. The number of thiazole rings is 1. The van der Waals surface area contributed by atoms with Crippen LogP contribution in [0.4, 0.5) is 0 Å². The average molecular weight is 413 g/mol. The number of carbonyl (C=O) groups excluding carboxylic acids is 2. The van der Waals surface area contributed by atoms with Crippen LogP contribution < -0.4 is 5.32 Å². The third-order valence-electron chi connectivity index (χ3n) is 4.34. The van der Waals surface area contributed by atoms with Crippen LogP contribution in [0.5, 0.6) is 0 Å². The molecule has 4 rings (SSSR count). The molecule has 1 aliphatic heterocycles. The van der Waals surface area contributed by atoms with Gasteiger partial charge in [0.1, 0.15) is 10.9 Å². The molecule has 26 heavy (non-hydrogen) atoms. The van der Waals surface area contributed by atoms with Crippen molar-refractivity contribution in [3.05, 3.63) is 22.5 Å². The Bertz CT molecular complexity index is 1100. The SMILES string of the molecule is CC(NC(=O)c1cc2c(nc3sccn32)s1)C(=O)N1CCS(=O)(=O)CC1. The van der Waals surface area contributed by atoms with Crippen molar-refractivity contribution in [3.8, 4) is 0 Å².